The highest BCUT2D eigenvalue weighted by Gasteiger charge is 2.18. The number of halogens is 1. The maximum atomic E-state index is 9.79. The van der Waals surface area contributed by atoms with Gasteiger partial charge < -0.3 is 19.1 Å². The van der Waals surface area contributed by atoms with Crippen LogP contribution in [0.1, 0.15) is 12.0 Å². The Balaban J connectivity index is 1.58. The second kappa shape index (κ2) is 8.92. The normalized spacial score (nSPS) is 14.8. The Bertz CT molecular complexity index is 1080. The SMILES string of the molecule is COc1cc(CO)c(-c2cn3ccc(N4CCN(CCC#N)CC4)cc3n2)cc1Cl. The van der Waals surface area contributed by atoms with E-state index in [1.165, 1.54) is 0 Å². The molecule has 1 aromatic carbocycles. The van der Waals surface area contributed by atoms with E-state index in [4.69, 9.17) is 26.6 Å². The fourth-order valence-electron chi connectivity index (χ4n) is 3.86. The summed E-state index contributed by atoms with van der Waals surface area (Å²) < 4.78 is 7.23. The highest BCUT2D eigenvalue weighted by molar-refractivity contribution is 6.32. The predicted molar refractivity (Wildman–Crippen MR) is 117 cm³/mol. The lowest BCUT2D eigenvalue weighted by Crippen LogP contribution is -2.46. The number of hydrogen-bond acceptors (Lipinski definition) is 6. The highest BCUT2D eigenvalue weighted by Crippen LogP contribution is 2.34. The van der Waals surface area contributed by atoms with Crippen LogP contribution < -0.4 is 9.64 Å². The standard InChI is InChI=1S/C22H24ClN5O2/c1-30-21-11-16(15-29)18(13-19(21)23)20-14-28-6-3-17(12-22(28)25-20)27-9-7-26(8-10-27)5-2-4-24/h3,6,11-14,29H,2,5,7-10,15H2,1H3. The minimum atomic E-state index is -0.127. The van der Waals surface area contributed by atoms with Gasteiger partial charge in [-0.15, -0.1) is 0 Å². The number of benzene rings is 1. The van der Waals surface area contributed by atoms with Crippen molar-refractivity contribution in [1.82, 2.24) is 14.3 Å². The van der Waals surface area contributed by atoms with Crippen molar-refractivity contribution >= 4 is 22.9 Å². The van der Waals surface area contributed by atoms with Gasteiger partial charge >= 0.3 is 0 Å². The van der Waals surface area contributed by atoms with Crippen LogP contribution in [-0.4, -0.2) is 59.2 Å². The molecule has 0 aliphatic carbocycles. The number of nitriles is 1. The third kappa shape index (κ3) is 4.08. The molecule has 0 spiro atoms. The maximum absolute atomic E-state index is 9.79. The summed E-state index contributed by atoms with van der Waals surface area (Å²) in [6.07, 6.45) is 4.53. The molecule has 1 saturated heterocycles. The molecule has 30 heavy (non-hydrogen) atoms. The van der Waals surface area contributed by atoms with Gasteiger partial charge in [-0.1, -0.05) is 11.6 Å². The number of pyridine rings is 1. The molecule has 0 bridgehead atoms. The first-order chi connectivity index (χ1) is 14.6. The average molecular weight is 426 g/mol. The molecule has 1 aliphatic heterocycles. The lowest BCUT2D eigenvalue weighted by molar-refractivity contribution is 0.263. The molecule has 4 rings (SSSR count). The van der Waals surface area contributed by atoms with Crippen molar-refractivity contribution in [3.63, 3.8) is 0 Å². The van der Waals surface area contributed by atoms with E-state index in [1.807, 2.05) is 16.8 Å². The minimum Gasteiger partial charge on any atom is -0.495 e. The first kappa shape index (κ1) is 20.5. The van der Waals surface area contributed by atoms with Crippen LogP contribution in [0.25, 0.3) is 16.9 Å². The van der Waals surface area contributed by atoms with Gasteiger partial charge in [-0.2, -0.15) is 5.26 Å². The third-order valence-electron chi connectivity index (χ3n) is 5.55. The minimum absolute atomic E-state index is 0.127. The lowest BCUT2D eigenvalue weighted by atomic mass is 10.1. The molecule has 1 N–H and O–H groups in total. The molecule has 1 fully saturated rings. The highest BCUT2D eigenvalue weighted by atomic mass is 35.5. The van der Waals surface area contributed by atoms with Crippen molar-refractivity contribution in [2.75, 3.05) is 44.7 Å². The number of aliphatic hydroxyl groups excluding tert-OH is 1. The van der Waals surface area contributed by atoms with Crippen LogP contribution in [0.3, 0.4) is 0 Å². The molecule has 3 aromatic rings. The van der Waals surface area contributed by atoms with E-state index < -0.39 is 0 Å². The van der Waals surface area contributed by atoms with Gasteiger partial charge in [0.2, 0.25) is 0 Å². The quantitative estimate of drug-likeness (QED) is 0.653. The zero-order valence-corrected chi connectivity index (χ0v) is 17.6. The first-order valence-corrected chi connectivity index (χ1v) is 10.3. The maximum Gasteiger partial charge on any atom is 0.139 e. The number of aliphatic hydroxyl groups is 1. The van der Waals surface area contributed by atoms with Gasteiger partial charge in [-0.05, 0) is 23.8 Å². The molecule has 0 atom stereocenters. The van der Waals surface area contributed by atoms with Crippen molar-refractivity contribution in [3.8, 4) is 23.1 Å². The molecule has 0 saturated carbocycles. The van der Waals surface area contributed by atoms with Crippen LogP contribution in [0.4, 0.5) is 5.69 Å². The third-order valence-corrected chi connectivity index (χ3v) is 5.84. The van der Waals surface area contributed by atoms with Crippen molar-refractivity contribution in [2.24, 2.45) is 0 Å². The zero-order chi connectivity index (χ0) is 21.1. The number of rotatable bonds is 6. The van der Waals surface area contributed by atoms with Crippen LogP contribution in [0.15, 0.2) is 36.7 Å². The number of imidazole rings is 1. The van der Waals surface area contributed by atoms with E-state index in [9.17, 15) is 5.11 Å². The molecule has 1 aliphatic rings. The lowest BCUT2D eigenvalue weighted by Gasteiger charge is -2.35. The summed E-state index contributed by atoms with van der Waals surface area (Å²) in [5.74, 6) is 0.532. The van der Waals surface area contributed by atoms with Crippen molar-refractivity contribution in [2.45, 2.75) is 13.0 Å². The summed E-state index contributed by atoms with van der Waals surface area (Å²) in [4.78, 5) is 9.46. The molecule has 0 amide bonds. The van der Waals surface area contributed by atoms with E-state index in [0.717, 1.165) is 55.3 Å². The van der Waals surface area contributed by atoms with Gasteiger partial charge in [0.15, 0.2) is 0 Å². The second-order valence-electron chi connectivity index (χ2n) is 7.32. The molecule has 2 aromatic heterocycles. The zero-order valence-electron chi connectivity index (χ0n) is 16.9. The number of aromatic nitrogens is 2. The Morgan fingerprint density at radius 1 is 1.23 bits per heavy atom. The molecule has 3 heterocycles. The Morgan fingerprint density at radius 3 is 2.73 bits per heavy atom. The number of ether oxygens (including phenoxy) is 1. The van der Waals surface area contributed by atoms with Gasteiger partial charge in [0.1, 0.15) is 11.4 Å². The van der Waals surface area contributed by atoms with Gasteiger partial charge in [0, 0.05) is 68.9 Å². The molecule has 8 heteroatoms. The van der Waals surface area contributed by atoms with Gasteiger partial charge in [-0.3, -0.25) is 4.90 Å². The van der Waals surface area contributed by atoms with Crippen molar-refractivity contribution in [1.29, 1.82) is 5.26 Å². The summed E-state index contributed by atoms with van der Waals surface area (Å²) >= 11 is 6.31. The van der Waals surface area contributed by atoms with E-state index in [1.54, 1.807) is 19.2 Å². The fraction of sp³-hybridized carbons (Fsp3) is 0.364. The van der Waals surface area contributed by atoms with Gasteiger partial charge in [-0.25, -0.2) is 4.98 Å². The summed E-state index contributed by atoms with van der Waals surface area (Å²) in [7, 11) is 1.55. The molecule has 7 nitrogen and oxygen atoms in total. The Hall–Kier alpha value is -2.79. The van der Waals surface area contributed by atoms with Crippen LogP contribution in [0.2, 0.25) is 5.02 Å². The van der Waals surface area contributed by atoms with E-state index >= 15 is 0 Å². The monoisotopic (exact) mass is 425 g/mol. The van der Waals surface area contributed by atoms with E-state index in [0.29, 0.717) is 22.8 Å². The number of piperazine rings is 1. The van der Waals surface area contributed by atoms with E-state index in [-0.39, 0.29) is 6.61 Å². The van der Waals surface area contributed by atoms with Crippen LogP contribution in [0.5, 0.6) is 5.75 Å². The topological polar surface area (TPSA) is 77.0 Å². The number of nitrogens with zero attached hydrogens (tertiary/aromatic N) is 5. The number of fused-ring (bicyclic) bond motifs is 1. The molecular weight excluding hydrogens is 402 g/mol. The van der Waals surface area contributed by atoms with Gasteiger partial charge in [0.05, 0.1) is 30.5 Å². The van der Waals surface area contributed by atoms with Crippen LogP contribution in [0, 0.1) is 11.3 Å². The molecule has 0 radical (unpaired) electrons. The summed E-state index contributed by atoms with van der Waals surface area (Å²) in [6, 6.07) is 9.93. The Morgan fingerprint density at radius 2 is 2.03 bits per heavy atom. The second-order valence-corrected chi connectivity index (χ2v) is 7.72. The van der Waals surface area contributed by atoms with Crippen LogP contribution in [-0.2, 0) is 6.61 Å². The molecule has 0 unspecified atom stereocenters. The number of methoxy groups -OCH3 is 1. The smallest absolute Gasteiger partial charge is 0.139 e. The largest absolute Gasteiger partial charge is 0.495 e. The summed E-state index contributed by atoms with van der Waals surface area (Å²) in [5, 5.41) is 19.0. The fourth-order valence-corrected chi connectivity index (χ4v) is 4.10. The number of anilines is 1. The Labute approximate surface area is 180 Å². The first-order valence-electron chi connectivity index (χ1n) is 9.93. The van der Waals surface area contributed by atoms with E-state index in [2.05, 4.69) is 28.0 Å². The Kier molecular flexibility index (Phi) is 6.09. The number of hydrogen-bond donors (Lipinski definition) is 1. The molecule has 156 valence electrons. The average Bonchev–Trinajstić information content (AvgIpc) is 3.21. The summed E-state index contributed by atoms with van der Waals surface area (Å²) in [5.41, 5.74) is 4.23. The van der Waals surface area contributed by atoms with Crippen molar-refractivity contribution in [3.05, 3.63) is 47.2 Å². The van der Waals surface area contributed by atoms with Gasteiger partial charge in [0.25, 0.3) is 0 Å². The predicted octanol–water partition coefficient (Wildman–Crippen LogP) is 3.19. The molecular formula is C22H24ClN5O2. The van der Waals surface area contributed by atoms with Crippen LogP contribution >= 0.6 is 11.6 Å². The summed E-state index contributed by atoms with van der Waals surface area (Å²) in [6.45, 7) is 4.48. The van der Waals surface area contributed by atoms with Crippen molar-refractivity contribution < 1.29 is 9.84 Å².